The SMILES string of the molecule is CC(C)(C)NC(=O)C[C@H](NC(=O)C(=O)c1c[nH]c2ccccc12)C(=O)NC(C(=O)NCc1cccc2ccccc12)c1ccc(F)cc1. The number of para-hydroxylation sites is 1. The third kappa shape index (κ3) is 8.11. The number of halogens is 1. The summed E-state index contributed by atoms with van der Waals surface area (Å²) >= 11 is 0. The van der Waals surface area contributed by atoms with Crippen molar-refractivity contribution in [1.82, 2.24) is 26.3 Å². The maximum atomic E-state index is 13.9. The molecule has 11 heteroatoms. The van der Waals surface area contributed by atoms with Crippen LogP contribution in [0.5, 0.6) is 0 Å². The van der Waals surface area contributed by atoms with Crippen molar-refractivity contribution >= 4 is 51.1 Å². The number of ketones is 1. The lowest BCUT2D eigenvalue weighted by molar-refractivity contribution is -0.133. The Kier molecular flexibility index (Phi) is 9.98. The van der Waals surface area contributed by atoms with Gasteiger partial charge in [-0.3, -0.25) is 24.0 Å². The molecule has 1 heterocycles. The number of nitrogens with one attached hydrogen (secondary N) is 5. The second kappa shape index (κ2) is 14.3. The average molecular weight is 650 g/mol. The van der Waals surface area contributed by atoms with Crippen LogP contribution in [0.25, 0.3) is 21.7 Å². The number of rotatable bonds is 11. The first-order chi connectivity index (χ1) is 22.9. The van der Waals surface area contributed by atoms with E-state index in [-0.39, 0.29) is 17.7 Å². The topological polar surface area (TPSA) is 149 Å². The largest absolute Gasteiger partial charge is 0.360 e. The fourth-order valence-corrected chi connectivity index (χ4v) is 5.40. The standard InChI is InChI=1S/C37H36FN5O5/c1-37(2,3)43-31(44)19-30(41-36(48)33(45)28-21-39-29-14-7-6-13-27(28)29)34(46)42-32(23-15-17-25(38)18-16-23)35(47)40-20-24-11-8-10-22-9-4-5-12-26(22)24/h4-18,21,30,32,39H,19-20H2,1-3H3,(H,40,47)(H,41,48)(H,42,46)(H,43,44)/t30-,32?/m0/s1. The van der Waals surface area contributed by atoms with Crippen LogP contribution in [-0.4, -0.2) is 46.0 Å². The predicted molar refractivity (Wildman–Crippen MR) is 180 cm³/mol. The third-order valence-electron chi connectivity index (χ3n) is 7.65. The van der Waals surface area contributed by atoms with Crippen molar-refractivity contribution in [2.75, 3.05) is 0 Å². The van der Waals surface area contributed by atoms with E-state index in [0.717, 1.165) is 28.5 Å². The molecule has 246 valence electrons. The van der Waals surface area contributed by atoms with Crippen molar-refractivity contribution in [3.8, 4) is 0 Å². The normalized spacial score (nSPS) is 12.6. The average Bonchev–Trinajstić information content (AvgIpc) is 3.49. The highest BCUT2D eigenvalue weighted by Gasteiger charge is 2.32. The minimum Gasteiger partial charge on any atom is -0.360 e. The van der Waals surface area contributed by atoms with Crippen LogP contribution >= 0.6 is 0 Å². The first-order valence-electron chi connectivity index (χ1n) is 15.4. The maximum Gasteiger partial charge on any atom is 0.293 e. The molecule has 48 heavy (non-hydrogen) atoms. The number of aromatic nitrogens is 1. The molecule has 0 aliphatic rings. The van der Waals surface area contributed by atoms with E-state index in [1.165, 1.54) is 18.3 Å². The molecular formula is C37H36FN5O5. The maximum absolute atomic E-state index is 13.9. The second-order valence-electron chi connectivity index (χ2n) is 12.5. The Balaban J connectivity index is 1.39. The van der Waals surface area contributed by atoms with E-state index in [0.29, 0.717) is 10.9 Å². The number of carbonyl (C=O) groups excluding carboxylic acids is 5. The van der Waals surface area contributed by atoms with Gasteiger partial charge in [-0.05, 0) is 60.9 Å². The molecule has 0 fully saturated rings. The van der Waals surface area contributed by atoms with Crippen molar-refractivity contribution in [3.05, 3.63) is 120 Å². The smallest absolute Gasteiger partial charge is 0.293 e. The molecule has 0 radical (unpaired) electrons. The summed E-state index contributed by atoms with van der Waals surface area (Å²) < 4.78 is 13.9. The van der Waals surface area contributed by atoms with Crippen molar-refractivity contribution < 1.29 is 28.4 Å². The fraction of sp³-hybridized carbons (Fsp3) is 0.216. The Labute approximate surface area is 276 Å². The molecule has 4 amide bonds. The lowest BCUT2D eigenvalue weighted by Crippen LogP contribution is -2.54. The Hall–Kier alpha value is -5.84. The molecule has 4 aromatic carbocycles. The predicted octanol–water partition coefficient (Wildman–Crippen LogP) is 4.61. The molecule has 0 bridgehead atoms. The van der Waals surface area contributed by atoms with Crippen molar-refractivity contribution in [1.29, 1.82) is 0 Å². The van der Waals surface area contributed by atoms with Gasteiger partial charge in [-0.15, -0.1) is 0 Å². The van der Waals surface area contributed by atoms with E-state index in [9.17, 15) is 28.4 Å². The Bertz CT molecular complexity index is 1990. The van der Waals surface area contributed by atoms with Crippen LogP contribution < -0.4 is 21.3 Å². The zero-order valence-corrected chi connectivity index (χ0v) is 26.7. The van der Waals surface area contributed by atoms with Gasteiger partial charge in [0.15, 0.2) is 0 Å². The molecule has 5 rings (SSSR count). The highest BCUT2D eigenvalue weighted by atomic mass is 19.1. The highest BCUT2D eigenvalue weighted by molar-refractivity contribution is 6.45. The Morgan fingerprint density at radius 2 is 1.44 bits per heavy atom. The fourth-order valence-electron chi connectivity index (χ4n) is 5.40. The molecule has 1 aromatic heterocycles. The number of hydrogen-bond acceptors (Lipinski definition) is 5. The van der Waals surface area contributed by atoms with Gasteiger partial charge in [0.1, 0.15) is 17.9 Å². The molecular weight excluding hydrogens is 613 g/mol. The summed E-state index contributed by atoms with van der Waals surface area (Å²) in [5, 5.41) is 13.1. The summed E-state index contributed by atoms with van der Waals surface area (Å²) in [4.78, 5) is 69.9. The van der Waals surface area contributed by atoms with Gasteiger partial charge in [0.2, 0.25) is 17.7 Å². The molecule has 2 atom stereocenters. The molecule has 0 spiro atoms. The molecule has 0 saturated carbocycles. The van der Waals surface area contributed by atoms with Crippen LogP contribution in [-0.2, 0) is 25.7 Å². The van der Waals surface area contributed by atoms with Gasteiger partial charge in [0.05, 0.1) is 12.0 Å². The summed E-state index contributed by atoms with van der Waals surface area (Å²) in [6.45, 7) is 5.39. The van der Waals surface area contributed by atoms with Crippen LogP contribution in [0.1, 0.15) is 54.7 Å². The number of carbonyl (C=O) groups is 5. The van der Waals surface area contributed by atoms with Gasteiger partial charge < -0.3 is 26.3 Å². The number of benzene rings is 4. The van der Waals surface area contributed by atoms with Crippen LogP contribution in [0.4, 0.5) is 4.39 Å². The van der Waals surface area contributed by atoms with Crippen molar-refractivity contribution in [3.63, 3.8) is 0 Å². The quantitative estimate of drug-likeness (QED) is 0.105. The third-order valence-corrected chi connectivity index (χ3v) is 7.65. The Morgan fingerprint density at radius 3 is 2.17 bits per heavy atom. The summed E-state index contributed by atoms with van der Waals surface area (Å²) in [6.07, 6.45) is 0.878. The van der Waals surface area contributed by atoms with Gasteiger partial charge in [0, 0.05) is 29.2 Å². The van der Waals surface area contributed by atoms with Crippen LogP contribution in [0, 0.1) is 5.82 Å². The number of fused-ring (bicyclic) bond motifs is 2. The minimum atomic E-state index is -1.54. The number of Topliss-reactive ketones (excluding diaryl/α,β-unsaturated/α-hetero) is 1. The summed E-state index contributed by atoms with van der Waals surface area (Å²) in [5.41, 5.74) is 1.19. The van der Waals surface area contributed by atoms with Crippen LogP contribution in [0.3, 0.4) is 0 Å². The monoisotopic (exact) mass is 649 g/mol. The van der Waals surface area contributed by atoms with E-state index >= 15 is 0 Å². The van der Waals surface area contributed by atoms with E-state index < -0.39 is 59.3 Å². The molecule has 0 saturated heterocycles. The lowest BCUT2D eigenvalue weighted by Gasteiger charge is -2.25. The van der Waals surface area contributed by atoms with E-state index in [1.54, 1.807) is 45.0 Å². The number of hydrogen-bond donors (Lipinski definition) is 5. The summed E-state index contributed by atoms with van der Waals surface area (Å²) in [7, 11) is 0. The lowest BCUT2D eigenvalue weighted by atomic mass is 10.0. The van der Waals surface area contributed by atoms with Crippen molar-refractivity contribution in [2.45, 2.75) is 51.4 Å². The number of amides is 4. The molecule has 5 aromatic rings. The van der Waals surface area contributed by atoms with Gasteiger partial charge in [-0.1, -0.05) is 72.8 Å². The van der Waals surface area contributed by atoms with E-state index in [2.05, 4.69) is 26.3 Å². The molecule has 0 aliphatic heterocycles. The van der Waals surface area contributed by atoms with Gasteiger partial charge in [-0.25, -0.2) is 4.39 Å². The highest BCUT2D eigenvalue weighted by Crippen LogP contribution is 2.21. The first-order valence-corrected chi connectivity index (χ1v) is 15.4. The van der Waals surface area contributed by atoms with Gasteiger partial charge >= 0.3 is 0 Å². The second-order valence-corrected chi connectivity index (χ2v) is 12.5. The molecule has 10 nitrogen and oxygen atoms in total. The summed E-state index contributed by atoms with van der Waals surface area (Å²) in [5.74, 6) is -4.64. The zero-order chi connectivity index (χ0) is 34.4. The summed E-state index contributed by atoms with van der Waals surface area (Å²) in [6, 6.07) is 22.5. The minimum absolute atomic E-state index is 0.0957. The molecule has 5 N–H and O–H groups in total. The van der Waals surface area contributed by atoms with Gasteiger partial charge in [0.25, 0.3) is 11.7 Å². The molecule has 1 unspecified atom stereocenters. The first kappa shape index (κ1) is 33.5. The van der Waals surface area contributed by atoms with E-state index in [1.807, 2.05) is 42.5 Å². The van der Waals surface area contributed by atoms with Gasteiger partial charge in [-0.2, -0.15) is 0 Å². The van der Waals surface area contributed by atoms with Crippen molar-refractivity contribution in [2.24, 2.45) is 0 Å². The van der Waals surface area contributed by atoms with Crippen LogP contribution in [0.15, 0.2) is 97.2 Å². The number of aromatic amines is 1. The van der Waals surface area contributed by atoms with E-state index in [4.69, 9.17) is 0 Å². The number of H-pyrrole nitrogens is 1. The van der Waals surface area contributed by atoms with Crippen LogP contribution in [0.2, 0.25) is 0 Å². The zero-order valence-electron chi connectivity index (χ0n) is 26.7. The molecule has 0 aliphatic carbocycles. The Morgan fingerprint density at radius 1 is 0.771 bits per heavy atom.